The molecule has 1 aliphatic heterocycles. The predicted octanol–water partition coefficient (Wildman–Crippen LogP) is 3.81. The summed E-state index contributed by atoms with van der Waals surface area (Å²) in [5.74, 6) is 1.03. The van der Waals surface area contributed by atoms with E-state index in [0.717, 1.165) is 32.2 Å². The number of hydrogen-bond donors (Lipinski definition) is 3. The molecule has 9 heteroatoms. The zero-order valence-corrected chi connectivity index (χ0v) is 17.9. The number of aromatic nitrogens is 2. The number of hydrogen-bond acceptors (Lipinski definition) is 6. The quantitative estimate of drug-likeness (QED) is 0.566. The summed E-state index contributed by atoms with van der Waals surface area (Å²) in [6.07, 6.45) is 6.65. The molecule has 1 aliphatic carbocycles. The van der Waals surface area contributed by atoms with Crippen molar-refractivity contribution in [1.29, 1.82) is 0 Å². The van der Waals surface area contributed by atoms with Crippen LogP contribution in [-0.2, 0) is 9.59 Å². The van der Waals surface area contributed by atoms with Gasteiger partial charge in [0.15, 0.2) is 5.82 Å². The molecule has 2 fully saturated rings. The van der Waals surface area contributed by atoms with E-state index in [-0.39, 0.29) is 23.8 Å². The number of likely N-dealkylation sites (tertiary alicyclic amines) is 1. The van der Waals surface area contributed by atoms with E-state index in [0.29, 0.717) is 34.7 Å². The van der Waals surface area contributed by atoms with Crippen LogP contribution in [0.3, 0.4) is 0 Å². The highest BCUT2D eigenvalue weighted by molar-refractivity contribution is 6.33. The van der Waals surface area contributed by atoms with Gasteiger partial charge < -0.3 is 20.9 Å². The molecule has 162 valence electrons. The molecule has 1 aromatic heterocycles. The first kappa shape index (κ1) is 21.1. The Hall–Kier alpha value is -3.13. The van der Waals surface area contributed by atoms with Gasteiger partial charge in [-0.05, 0) is 43.9 Å². The summed E-state index contributed by atoms with van der Waals surface area (Å²) in [5.41, 5.74) is 1.22. The molecule has 1 aromatic carbocycles. The van der Waals surface area contributed by atoms with Crippen LogP contribution in [0.5, 0.6) is 0 Å². The van der Waals surface area contributed by atoms with E-state index >= 15 is 0 Å². The van der Waals surface area contributed by atoms with Crippen molar-refractivity contribution in [3.63, 3.8) is 0 Å². The van der Waals surface area contributed by atoms with E-state index in [1.165, 1.54) is 12.3 Å². The number of piperidine rings is 1. The highest BCUT2D eigenvalue weighted by Gasteiger charge is 2.35. The maximum atomic E-state index is 12.4. The second kappa shape index (κ2) is 9.34. The molecule has 1 unspecified atom stereocenters. The molecule has 4 rings (SSSR count). The van der Waals surface area contributed by atoms with Crippen LogP contribution >= 0.6 is 11.6 Å². The van der Waals surface area contributed by atoms with Gasteiger partial charge in [-0.2, -0.15) is 4.98 Å². The first-order chi connectivity index (χ1) is 15.0. The normalized spacial score (nSPS) is 18.2. The predicted molar refractivity (Wildman–Crippen MR) is 122 cm³/mol. The van der Waals surface area contributed by atoms with Crippen molar-refractivity contribution in [2.24, 2.45) is 5.92 Å². The third-order valence-corrected chi connectivity index (χ3v) is 5.64. The molecular formula is C22H25ClN6O2. The topological polar surface area (TPSA) is 99.2 Å². The third kappa shape index (κ3) is 5.32. The number of halogens is 1. The van der Waals surface area contributed by atoms with Crippen LogP contribution in [0, 0.1) is 5.92 Å². The summed E-state index contributed by atoms with van der Waals surface area (Å²) in [6, 6.07) is 7.33. The van der Waals surface area contributed by atoms with E-state index in [2.05, 4.69) is 32.5 Å². The largest absolute Gasteiger partial charge is 0.350 e. The van der Waals surface area contributed by atoms with E-state index in [9.17, 15) is 9.59 Å². The molecule has 0 spiro atoms. The Balaban J connectivity index is 1.46. The molecule has 2 heterocycles. The van der Waals surface area contributed by atoms with Crippen molar-refractivity contribution in [1.82, 2.24) is 14.9 Å². The second-order valence-electron chi connectivity index (χ2n) is 7.80. The van der Waals surface area contributed by atoms with Gasteiger partial charge in [-0.15, -0.1) is 0 Å². The molecule has 31 heavy (non-hydrogen) atoms. The minimum Gasteiger partial charge on any atom is -0.350 e. The molecule has 2 aromatic rings. The summed E-state index contributed by atoms with van der Waals surface area (Å²) < 4.78 is 0. The fourth-order valence-electron chi connectivity index (χ4n) is 3.60. The number of nitrogens with one attached hydrogen (secondary N) is 3. The minimum atomic E-state index is -0.312. The van der Waals surface area contributed by atoms with Gasteiger partial charge in [-0.1, -0.05) is 30.3 Å². The lowest BCUT2D eigenvalue weighted by Gasteiger charge is -2.33. The van der Waals surface area contributed by atoms with Gasteiger partial charge in [0.2, 0.25) is 17.8 Å². The average molecular weight is 441 g/mol. The number of rotatable bonds is 7. The van der Waals surface area contributed by atoms with Crippen molar-refractivity contribution in [3.8, 4) is 0 Å². The number of amides is 2. The first-order valence-electron chi connectivity index (χ1n) is 10.4. The van der Waals surface area contributed by atoms with Crippen molar-refractivity contribution in [2.75, 3.05) is 29.0 Å². The molecule has 2 aliphatic rings. The number of benzene rings is 1. The third-order valence-electron chi connectivity index (χ3n) is 5.36. The van der Waals surface area contributed by atoms with Crippen molar-refractivity contribution >= 4 is 46.6 Å². The van der Waals surface area contributed by atoms with Gasteiger partial charge >= 0.3 is 0 Å². The van der Waals surface area contributed by atoms with Crippen LogP contribution in [-0.4, -0.2) is 45.8 Å². The Morgan fingerprint density at radius 1 is 1.19 bits per heavy atom. The van der Waals surface area contributed by atoms with Crippen LogP contribution < -0.4 is 16.0 Å². The van der Waals surface area contributed by atoms with Gasteiger partial charge in [0, 0.05) is 25.0 Å². The van der Waals surface area contributed by atoms with Gasteiger partial charge in [0.25, 0.3) is 0 Å². The van der Waals surface area contributed by atoms with E-state index in [1.807, 2.05) is 23.1 Å². The summed E-state index contributed by atoms with van der Waals surface area (Å²) in [7, 11) is 0. The highest BCUT2D eigenvalue weighted by Crippen LogP contribution is 2.32. The number of nitrogens with zero attached hydrogens (tertiary/aromatic N) is 3. The molecule has 8 nitrogen and oxygen atoms in total. The number of carbonyl (C=O) groups excluding carboxylic acids is 2. The molecule has 1 saturated carbocycles. The Morgan fingerprint density at radius 3 is 2.71 bits per heavy atom. The highest BCUT2D eigenvalue weighted by atomic mass is 35.5. The number of anilines is 4. The van der Waals surface area contributed by atoms with Crippen LogP contribution in [0.1, 0.15) is 25.7 Å². The van der Waals surface area contributed by atoms with Gasteiger partial charge in [0.05, 0.1) is 17.6 Å². The van der Waals surface area contributed by atoms with Crippen molar-refractivity contribution in [2.45, 2.75) is 31.7 Å². The molecule has 0 bridgehead atoms. The fourth-order valence-corrected chi connectivity index (χ4v) is 3.74. The zero-order chi connectivity index (χ0) is 21.8. The SMILES string of the molecule is C=CC(=O)Nc1ccccc1Nc1nc(NC2CCCN(C(=O)C3CC3)C2)ncc1Cl. The van der Waals surface area contributed by atoms with E-state index in [4.69, 9.17) is 11.6 Å². The summed E-state index contributed by atoms with van der Waals surface area (Å²) in [4.78, 5) is 34.9. The van der Waals surface area contributed by atoms with Crippen LogP contribution in [0.15, 0.2) is 43.1 Å². The smallest absolute Gasteiger partial charge is 0.247 e. The lowest BCUT2D eigenvalue weighted by molar-refractivity contribution is -0.133. The minimum absolute atomic E-state index is 0.0876. The standard InChI is InChI=1S/C22H25ClN6O2/c1-2-19(30)26-17-7-3-4-8-18(17)27-20-16(23)12-24-22(28-20)25-15-6-5-11-29(13-15)21(31)14-9-10-14/h2-4,7-8,12,14-15H,1,5-6,9-11,13H2,(H,26,30)(H2,24,25,27,28). The molecule has 1 atom stereocenters. The Morgan fingerprint density at radius 2 is 1.97 bits per heavy atom. The fraction of sp³-hybridized carbons (Fsp3) is 0.364. The van der Waals surface area contributed by atoms with Crippen LogP contribution in [0.2, 0.25) is 5.02 Å². The summed E-state index contributed by atoms with van der Waals surface area (Å²) in [5, 5.41) is 9.60. The molecular weight excluding hydrogens is 416 g/mol. The van der Waals surface area contributed by atoms with Crippen molar-refractivity contribution < 1.29 is 9.59 Å². The summed E-state index contributed by atoms with van der Waals surface area (Å²) >= 11 is 6.31. The van der Waals surface area contributed by atoms with E-state index < -0.39 is 0 Å². The summed E-state index contributed by atoms with van der Waals surface area (Å²) in [6.45, 7) is 4.94. The first-order valence-corrected chi connectivity index (χ1v) is 10.8. The van der Waals surface area contributed by atoms with Gasteiger partial charge in [-0.3, -0.25) is 9.59 Å². The van der Waals surface area contributed by atoms with Crippen LogP contribution in [0.25, 0.3) is 0 Å². The molecule has 0 radical (unpaired) electrons. The molecule has 2 amide bonds. The average Bonchev–Trinajstić information content (AvgIpc) is 3.62. The van der Waals surface area contributed by atoms with Crippen LogP contribution in [0.4, 0.5) is 23.1 Å². The molecule has 3 N–H and O–H groups in total. The lowest BCUT2D eigenvalue weighted by Crippen LogP contribution is -2.45. The molecule has 1 saturated heterocycles. The zero-order valence-electron chi connectivity index (χ0n) is 17.1. The Bertz CT molecular complexity index is 994. The number of para-hydroxylation sites is 2. The second-order valence-corrected chi connectivity index (χ2v) is 8.20. The monoisotopic (exact) mass is 440 g/mol. The maximum absolute atomic E-state index is 12.4. The number of carbonyl (C=O) groups is 2. The Labute approximate surface area is 186 Å². The Kier molecular flexibility index (Phi) is 6.36. The van der Waals surface area contributed by atoms with Gasteiger partial charge in [-0.25, -0.2) is 4.98 Å². The maximum Gasteiger partial charge on any atom is 0.247 e. The van der Waals surface area contributed by atoms with Crippen molar-refractivity contribution in [3.05, 3.63) is 48.1 Å². The van der Waals surface area contributed by atoms with E-state index in [1.54, 1.807) is 6.07 Å². The lowest BCUT2D eigenvalue weighted by atomic mass is 10.1. The van der Waals surface area contributed by atoms with Gasteiger partial charge in [0.1, 0.15) is 5.02 Å².